The molecule has 0 saturated carbocycles. The van der Waals surface area contributed by atoms with E-state index in [9.17, 15) is 18.0 Å². The Bertz CT molecular complexity index is 1760. The van der Waals surface area contributed by atoms with E-state index >= 15 is 0 Å². The van der Waals surface area contributed by atoms with Gasteiger partial charge in [-0.1, -0.05) is 54.1 Å². The van der Waals surface area contributed by atoms with Crippen molar-refractivity contribution in [2.24, 2.45) is 0 Å². The molecule has 0 aliphatic carbocycles. The van der Waals surface area contributed by atoms with E-state index in [0.29, 0.717) is 44.0 Å². The first-order valence-corrected chi connectivity index (χ1v) is 15.5. The van der Waals surface area contributed by atoms with E-state index in [4.69, 9.17) is 11.6 Å². The largest absolute Gasteiger partial charge is 0.369 e. The zero-order valence-corrected chi connectivity index (χ0v) is 24.3. The second kappa shape index (κ2) is 11.6. The van der Waals surface area contributed by atoms with Gasteiger partial charge in [0, 0.05) is 55.3 Å². The number of nitrogens with one attached hydrogen (secondary N) is 1. The molecule has 10 heteroatoms. The van der Waals surface area contributed by atoms with E-state index in [1.54, 1.807) is 29.2 Å². The van der Waals surface area contributed by atoms with Gasteiger partial charge in [-0.2, -0.15) is 4.31 Å². The predicted molar refractivity (Wildman–Crippen MR) is 165 cm³/mol. The van der Waals surface area contributed by atoms with Gasteiger partial charge in [-0.15, -0.1) is 0 Å². The topological polar surface area (TPSA) is 90.0 Å². The first-order valence-electron chi connectivity index (χ1n) is 13.7. The highest BCUT2D eigenvalue weighted by atomic mass is 35.5. The molecule has 0 atom stereocenters. The fourth-order valence-corrected chi connectivity index (χ4v) is 7.10. The molecule has 0 unspecified atom stereocenters. The molecule has 6 rings (SSSR count). The summed E-state index contributed by atoms with van der Waals surface area (Å²) >= 11 is 6.36. The maximum absolute atomic E-state index is 13.5. The summed E-state index contributed by atoms with van der Waals surface area (Å²) in [5.41, 5.74) is 3.93. The first-order chi connectivity index (χ1) is 20.3. The molecule has 4 aromatic rings. The van der Waals surface area contributed by atoms with Crippen LogP contribution in [0.5, 0.6) is 0 Å². The Hall–Kier alpha value is -4.18. The SMILES string of the molecule is O=C(Nc1cccc(C(=O)N2CCc3ccccc32)c1)c1cc(S(=O)(=O)N2CCN(c3ccccc3)CC2)ccc1Cl. The number of amides is 2. The molecule has 1 N–H and O–H groups in total. The third-order valence-corrected chi connectivity index (χ3v) is 9.90. The number of halogens is 1. The fraction of sp³-hybridized carbons (Fsp3) is 0.188. The van der Waals surface area contributed by atoms with Gasteiger partial charge in [-0.25, -0.2) is 8.42 Å². The molecule has 8 nitrogen and oxygen atoms in total. The Morgan fingerprint density at radius 3 is 2.29 bits per heavy atom. The molecule has 4 aromatic carbocycles. The van der Waals surface area contributed by atoms with E-state index in [1.807, 2.05) is 54.6 Å². The second-order valence-electron chi connectivity index (χ2n) is 10.2. The summed E-state index contributed by atoms with van der Waals surface area (Å²) in [4.78, 5) is 30.5. The number of sulfonamides is 1. The maximum atomic E-state index is 13.5. The van der Waals surface area contributed by atoms with Gasteiger partial charge in [0.25, 0.3) is 11.8 Å². The molecule has 1 saturated heterocycles. The van der Waals surface area contributed by atoms with E-state index in [-0.39, 0.29) is 21.4 Å². The Balaban J connectivity index is 1.16. The number of hydrogen-bond donors (Lipinski definition) is 1. The van der Waals surface area contributed by atoms with Crippen LogP contribution < -0.4 is 15.1 Å². The van der Waals surface area contributed by atoms with Crippen LogP contribution in [0.15, 0.2) is 102 Å². The summed E-state index contributed by atoms with van der Waals surface area (Å²) in [6.07, 6.45) is 0.790. The molecule has 0 aromatic heterocycles. The molecule has 0 spiro atoms. The van der Waals surface area contributed by atoms with Crippen LogP contribution in [0.3, 0.4) is 0 Å². The lowest BCUT2D eigenvalue weighted by molar-refractivity contribution is 0.0986. The van der Waals surface area contributed by atoms with Gasteiger partial charge in [0.2, 0.25) is 10.0 Å². The molecule has 2 amide bonds. The van der Waals surface area contributed by atoms with Gasteiger partial charge in [-0.3, -0.25) is 9.59 Å². The smallest absolute Gasteiger partial charge is 0.258 e. The van der Waals surface area contributed by atoms with Crippen LogP contribution >= 0.6 is 11.6 Å². The first kappa shape index (κ1) is 28.0. The summed E-state index contributed by atoms with van der Waals surface area (Å²) < 4.78 is 28.4. The molecule has 2 heterocycles. The van der Waals surface area contributed by atoms with E-state index in [0.717, 1.165) is 23.4 Å². The third kappa shape index (κ3) is 5.51. The van der Waals surface area contributed by atoms with Gasteiger partial charge >= 0.3 is 0 Å². The number of carbonyl (C=O) groups is 2. The van der Waals surface area contributed by atoms with Crippen LogP contribution in [0.1, 0.15) is 26.3 Å². The Labute approximate surface area is 250 Å². The van der Waals surface area contributed by atoms with Crippen LogP contribution in [0.2, 0.25) is 5.02 Å². The monoisotopic (exact) mass is 600 g/mol. The summed E-state index contributed by atoms with van der Waals surface area (Å²) in [6.45, 7) is 2.35. The van der Waals surface area contributed by atoms with Gasteiger partial charge in [0.1, 0.15) is 0 Å². The quantitative estimate of drug-likeness (QED) is 0.324. The highest BCUT2D eigenvalue weighted by molar-refractivity contribution is 7.89. The second-order valence-corrected chi connectivity index (χ2v) is 12.6. The molecular weight excluding hydrogens is 572 g/mol. The van der Waals surface area contributed by atoms with Crippen molar-refractivity contribution in [3.05, 3.63) is 119 Å². The third-order valence-electron chi connectivity index (χ3n) is 7.68. The van der Waals surface area contributed by atoms with E-state index in [2.05, 4.69) is 10.2 Å². The number of benzene rings is 4. The number of hydrogen-bond acceptors (Lipinski definition) is 5. The average Bonchev–Trinajstić information content (AvgIpc) is 3.45. The standard InChI is InChI=1S/C32H29ClN4O4S/c33-29-14-13-27(42(40,41)36-19-17-35(18-20-36)26-10-2-1-3-11-26)22-28(29)31(38)34-25-9-6-8-24(21-25)32(39)37-16-15-23-7-4-5-12-30(23)37/h1-14,21-22H,15-20H2,(H,34,38). The molecule has 1 fully saturated rings. The minimum atomic E-state index is -3.85. The molecule has 0 radical (unpaired) electrons. The zero-order chi connectivity index (χ0) is 29.3. The predicted octanol–water partition coefficient (Wildman–Crippen LogP) is 5.31. The molecule has 42 heavy (non-hydrogen) atoms. The van der Waals surface area contributed by atoms with Crippen molar-refractivity contribution >= 4 is 50.5 Å². The summed E-state index contributed by atoms with van der Waals surface area (Å²) in [5.74, 6) is -0.725. The Kier molecular flexibility index (Phi) is 7.72. The lowest BCUT2D eigenvalue weighted by atomic mass is 10.1. The fourth-order valence-electron chi connectivity index (χ4n) is 5.45. The van der Waals surface area contributed by atoms with Crippen LogP contribution in [0.4, 0.5) is 17.1 Å². The van der Waals surface area contributed by atoms with Gasteiger partial charge in [-0.05, 0) is 66.6 Å². The maximum Gasteiger partial charge on any atom is 0.258 e. The number of carbonyl (C=O) groups excluding carboxylic acids is 2. The van der Waals surface area contributed by atoms with Crippen LogP contribution in [0, 0.1) is 0 Å². The molecule has 2 aliphatic rings. The number of para-hydroxylation sites is 2. The van der Waals surface area contributed by atoms with Crippen LogP contribution in [0.25, 0.3) is 0 Å². The highest BCUT2D eigenvalue weighted by Gasteiger charge is 2.30. The van der Waals surface area contributed by atoms with Crippen molar-refractivity contribution in [2.45, 2.75) is 11.3 Å². The highest BCUT2D eigenvalue weighted by Crippen LogP contribution is 2.30. The van der Waals surface area contributed by atoms with Gasteiger partial charge < -0.3 is 15.1 Å². The summed E-state index contributed by atoms with van der Waals surface area (Å²) in [6, 6.07) is 28.5. The van der Waals surface area contributed by atoms with Crippen molar-refractivity contribution in [2.75, 3.05) is 47.8 Å². The number of piperazine rings is 1. The Morgan fingerprint density at radius 2 is 1.50 bits per heavy atom. The summed E-state index contributed by atoms with van der Waals surface area (Å²) in [7, 11) is -3.85. The van der Waals surface area contributed by atoms with E-state index in [1.165, 1.54) is 22.5 Å². The molecule has 0 bridgehead atoms. The van der Waals surface area contributed by atoms with Gasteiger partial charge in [0.05, 0.1) is 15.5 Å². The van der Waals surface area contributed by atoms with Crippen LogP contribution in [-0.2, 0) is 16.4 Å². The lowest BCUT2D eigenvalue weighted by Gasteiger charge is -2.35. The Morgan fingerprint density at radius 1 is 0.762 bits per heavy atom. The van der Waals surface area contributed by atoms with Gasteiger partial charge in [0.15, 0.2) is 0 Å². The van der Waals surface area contributed by atoms with Crippen molar-refractivity contribution in [1.82, 2.24) is 4.31 Å². The molecule has 214 valence electrons. The minimum Gasteiger partial charge on any atom is -0.369 e. The number of rotatable bonds is 6. The van der Waals surface area contributed by atoms with E-state index < -0.39 is 15.9 Å². The number of anilines is 3. The average molecular weight is 601 g/mol. The number of nitrogens with zero attached hydrogens (tertiary/aromatic N) is 3. The molecular formula is C32H29ClN4O4S. The van der Waals surface area contributed by atoms with Crippen LogP contribution in [-0.4, -0.2) is 57.3 Å². The van der Waals surface area contributed by atoms with Crippen molar-refractivity contribution in [3.8, 4) is 0 Å². The number of fused-ring (bicyclic) bond motifs is 1. The van der Waals surface area contributed by atoms with Crippen molar-refractivity contribution in [3.63, 3.8) is 0 Å². The summed E-state index contributed by atoms with van der Waals surface area (Å²) in [5, 5.41) is 2.90. The molecule has 2 aliphatic heterocycles. The van der Waals surface area contributed by atoms with Crippen molar-refractivity contribution in [1.29, 1.82) is 0 Å². The minimum absolute atomic E-state index is 0.00170. The normalized spacial score (nSPS) is 15.4. The lowest BCUT2D eigenvalue weighted by Crippen LogP contribution is -2.48. The van der Waals surface area contributed by atoms with Crippen molar-refractivity contribution < 1.29 is 18.0 Å². The zero-order valence-electron chi connectivity index (χ0n) is 22.7.